The van der Waals surface area contributed by atoms with Crippen molar-refractivity contribution in [3.05, 3.63) is 23.8 Å². The first-order valence-corrected chi connectivity index (χ1v) is 10.9. The van der Waals surface area contributed by atoms with Gasteiger partial charge in [0.1, 0.15) is 0 Å². The molecule has 0 aromatic rings. The van der Waals surface area contributed by atoms with E-state index in [-0.39, 0.29) is 24.2 Å². The highest BCUT2D eigenvalue weighted by atomic mass is 16.5. The smallest absolute Gasteiger partial charge is 0.303 e. The van der Waals surface area contributed by atoms with Crippen LogP contribution < -0.4 is 0 Å². The van der Waals surface area contributed by atoms with Crippen LogP contribution in [0.15, 0.2) is 23.8 Å². The minimum Gasteiger partial charge on any atom is -0.481 e. The monoisotopic (exact) mass is 392 g/mol. The quantitative estimate of drug-likeness (QED) is 0.575. The molecule has 0 radical (unpaired) electrons. The minimum absolute atomic E-state index is 0.0430. The molecule has 3 fully saturated rings. The number of aliphatic hydroxyl groups excluding tert-OH is 2. The highest BCUT2D eigenvalue weighted by Crippen LogP contribution is 2.60. The Morgan fingerprint density at radius 1 is 1.29 bits per heavy atom. The molecule has 3 N–H and O–H groups in total. The van der Waals surface area contributed by atoms with Gasteiger partial charge in [0.05, 0.1) is 17.8 Å². The highest BCUT2D eigenvalue weighted by Gasteiger charge is 2.61. The van der Waals surface area contributed by atoms with E-state index in [4.69, 9.17) is 9.84 Å². The maximum Gasteiger partial charge on any atom is 0.303 e. The van der Waals surface area contributed by atoms with E-state index in [0.717, 1.165) is 19.3 Å². The number of aliphatic carboxylic acids is 1. The summed E-state index contributed by atoms with van der Waals surface area (Å²) < 4.78 is 6.00. The Balaban J connectivity index is 1.73. The molecule has 5 heteroatoms. The fourth-order valence-corrected chi connectivity index (χ4v) is 6.02. The number of allylic oxidation sites excluding steroid dienone is 1. The Morgan fingerprint density at radius 2 is 2.00 bits per heavy atom. The van der Waals surface area contributed by atoms with Crippen LogP contribution in [0.4, 0.5) is 0 Å². The van der Waals surface area contributed by atoms with Crippen molar-refractivity contribution in [1.29, 1.82) is 0 Å². The average molecular weight is 393 g/mol. The van der Waals surface area contributed by atoms with Crippen LogP contribution in [0, 0.1) is 23.7 Å². The molecule has 0 saturated heterocycles. The number of hydrogen-bond acceptors (Lipinski definition) is 4. The Kier molecular flexibility index (Phi) is 7.00. The molecule has 5 nitrogen and oxygen atoms in total. The largest absolute Gasteiger partial charge is 0.481 e. The van der Waals surface area contributed by atoms with Crippen molar-refractivity contribution < 1.29 is 24.9 Å². The molecule has 0 aliphatic heterocycles. The van der Waals surface area contributed by atoms with E-state index >= 15 is 0 Å². The van der Waals surface area contributed by atoms with Gasteiger partial charge in [0.15, 0.2) is 0 Å². The molecule has 0 spiro atoms. The van der Waals surface area contributed by atoms with E-state index in [1.54, 1.807) is 7.11 Å². The summed E-state index contributed by atoms with van der Waals surface area (Å²) in [5.74, 6) is -0.0949. The number of fused-ring (bicyclic) bond motifs is 1. The van der Waals surface area contributed by atoms with Crippen molar-refractivity contribution in [1.82, 2.24) is 0 Å². The molecule has 2 unspecified atom stereocenters. The summed E-state index contributed by atoms with van der Waals surface area (Å²) in [5, 5.41) is 30.2. The van der Waals surface area contributed by atoms with Crippen LogP contribution >= 0.6 is 0 Å². The lowest BCUT2D eigenvalue weighted by molar-refractivity contribution is -0.164. The SMILES string of the molecule is CO[C@@]12CC[C@H](O)[C@@H](C=CC(O)C3CCCCC3)[C@@H]1C(C)C2=CCCC(=O)O. The zero-order valence-electron chi connectivity index (χ0n) is 17.2. The van der Waals surface area contributed by atoms with Crippen LogP contribution in [-0.4, -0.2) is 46.2 Å². The van der Waals surface area contributed by atoms with Crippen LogP contribution in [-0.2, 0) is 9.53 Å². The third-order valence-corrected chi connectivity index (χ3v) is 7.48. The minimum atomic E-state index is -0.789. The van der Waals surface area contributed by atoms with Crippen LogP contribution in [0.5, 0.6) is 0 Å². The van der Waals surface area contributed by atoms with Gasteiger partial charge in [-0.1, -0.05) is 44.4 Å². The number of ether oxygens (including phenoxy) is 1. The van der Waals surface area contributed by atoms with Crippen LogP contribution in [0.1, 0.15) is 64.7 Å². The number of carbonyl (C=O) groups is 1. The third kappa shape index (κ3) is 4.07. The fourth-order valence-electron chi connectivity index (χ4n) is 6.02. The molecule has 0 bridgehead atoms. The third-order valence-electron chi connectivity index (χ3n) is 7.48. The first-order chi connectivity index (χ1) is 13.4. The Bertz CT molecular complexity index is 606. The molecule has 6 atom stereocenters. The summed E-state index contributed by atoms with van der Waals surface area (Å²) in [6.45, 7) is 2.14. The molecule has 0 aromatic heterocycles. The van der Waals surface area contributed by atoms with Crippen LogP contribution in [0.2, 0.25) is 0 Å². The average Bonchev–Trinajstić information content (AvgIpc) is 2.70. The summed E-state index contributed by atoms with van der Waals surface area (Å²) in [6, 6.07) is 0. The van der Waals surface area contributed by atoms with E-state index in [1.165, 1.54) is 24.8 Å². The second kappa shape index (κ2) is 9.10. The molecule has 28 heavy (non-hydrogen) atoms. The number of methoxy groups -OCH3 is 1. The Labute approximate surface area is 168 Å². The Hall–Kier alpha value is -1.17. The predicted octanol–water partition coefficient (Wildman–Crippen LogP) is 3.70. The van der Waals surface area contributed by atoms with Gasteiger partial charge in [-0.25, -0.2) is 0 Å². The first kappa shape index (κ1) is 21.5. The van der Waals surface area contributed by atoms with Gasteiger partial charge >= 0.3 is 5.97 Å². The predicted molar refractivity (Wildman–Crippen MR) is 108 cm³/mol. The summed E-state index contributed by atoms with van der Waals surface area (Å²) in [4.78, 5) is 10.8. The van der Waals surface area contributed by atoms with Gasteiger partial charge in [0.2, 0.25) is 0 Å². The van der Waals surface area contributed by atoms with Gasteiger partial charge in [0, 0.05) is 25.4 Å². The van der Waals surface area contributed by atoms with Gasteiger partial charge < -0.3 is 20.1 Å². The molecule has 3 saturated carbocycles. The molecule has 3 rings (SSSR count). The highest BCUT2D eigenvalue weighted by molar-refractivity contribution is 5.66. The zero-order valence-corrected chi connectivity index (χ0v) is 17.2. The summed E-state index contributed by atoms with van der Waals surface area (Å²) >= 11 is 0. The second-order valence-electron chi connectivity index (χ2n) is 8.96. The first-order valence-electron chi connectivity index (χ1n) is 10.9. The van der Waals surface area contributed by atoms with Gasteiger partial charge in [-0.05, 0) is 49.5 Å². The van der Waals surface area contributed by atoms with Crippen LogP contribution in [0.3, 0.4) is 0 Å². The fraction of sp³-hybridized carbons (Fsp3) is 0.783. The molecule has 0 heterocycles. The topological polar surface area (TPSA) is 87.0 Å². The zero-order chi connectivity index (χ0) is 20.3. The lowest BCUT2D eigenvalue weighted by Crippen LogP contribution is -2.64. The molecular formula is C23H36O5. The summed E-state index contributed by atoms with van der Waals surface area (Å²) in [6.07, 6.45) is 13.0. The van der Waals surface area contributed by atoms with Gasteiger partial charge in [-0.3, -0.25) is 4.79 Å². The maximum absolute atomic E-state index is 10.8. The molecule has 3 aliphatic carbocycles. The number of aliphatic hydroxyl groups is 2. The summed E-state index contributed by atoms with van der Waals surface area (Å²) in [7, 11) is 1.72. The lowest BCUT2D eigenvalue weighted by Gasteiger charge is -2.62. The number of hydrogen-bond donors (Lipinski definition) is 3. The van der Waals surface area contributed by atoms with Crippen molar-refractivity contribution >= 4 is 5.97 Å². The maximum atomic E-state index is 10.8. The molecular weight excluding hydrogens is 356 g/mol. The molecule has 0 aromatic carbocycles. The molecule has 0 amide bonds. The lowest BCUT2D eigenvalue weighted by atomic mass is 9.48. The van der Waals surface area contributed by atoms with Crippen molar-refractivity contribution in [2.75, 3.05) is 7.11 Å². The van der Waals surface area contributed by atoms with Gasteiger partial charge in [0.25, 0.3) is 0 Å². The van der Waals surface area contributed by atoms with Gasteiger partial charge in [-0.15, -0.1) is 0 Å². The van der Waals surface area contributed by atoms with Gasteiger partial charge in [-0.2, -0.15) is 0 Å². The van der Waals surface area contributed by atoms with Crippen molar-refractivity contribution in [2.24, 2.45) is 23.7 Å². The Morgan fingerprint density at radius 3 is 2.64 bits per heavy atom. The molecule has 3 aliphatic rings. The number of carboxylic acids is 1. The standard InChI is InChI=1S/C23H36O5/c1-15-18(9-6-10-21(26)27)23(28-2)14-13-20(25)17(22(15)23)11-12-19(24)16-7-4-3-5-8-16/h9,11-12,15-17,19-20,22,24-25H,3-8,10,13-14H2,1-2H3,(H,26,27)/t15?,17-,19?,20+,22+,23-/m1/s1. The van der Waals surface area contributed by atoms with E-state index in [9.17, 15) is 15.0 Å². The second-order valence-corrected chi connectivity index (χ2v) is 8.96. The van der Waals surface area contributed by atoms with E-state index in [2.05, 4.69) is 6.92 Å². The van der Waals surface area contributed by atoms with Crippen molar-refractivity contribution in [2.45, 2.75) is 82.5 Å². The van der Waals surface area contributed by atoms with E-state index < -0.39 is 23.8 Å². The van der Waals surface area contributed by atoms with E-state index in [1.807, 2.05) is 18.2 Å². The van der Waals surface area contributed by atoms with Crippen molar-refractivity contribution in [3.8, 4) is 0 Å². The molecule has 158 valence electrons. The summed E-state index contributed by atoms with van der Waals surface area (Å²) in [5.41, 5.74) is 0.779. The number of rotatable bonds is 7. The van der Waals surface area contributed by atoms with Crippen LogP contribution in [0.25, 0.3) is 0 Å². The normalized spacial score (nSPS) is 38.9. The number of carboxylic acid groups (broad SMARTS) is 1. The van der Waals surface area contributed by atoms with E-state index in [0.29, 0.717) is 18.8 Å². The van der Waals surface area contributed by atoms with Crippen molar-refractivity contribution in [3.63, 3.8) is 0 Å².